The third kappa shape index (κ3) is 2.85. The Morgan fingerprint density at radius 2 is 2.00 bits per heavy atom. The normalized spacial score (nSPS) is 36.7. The summed E-state index contributed by atoms with van der Waals surface area (Å²) >= 11 is 0. The fraction of sp³-hybridized carbons (Fsp3) is 1.00. The van der Waals surface area contributed by atoms with Gasteiger partial charge in [0.25, 0.3) is 10.2 Å². The number of morpholine rings is 1. The molecule has 2 heterocycles. The SMILES string of the molecule is C[C@@H]1CN(S(=O)(=O)N2CC[C@@H](N)C[C@@H]2C)CCO1. The summed E-state index contributed by atoms with van der Waals surface area (Å²) in [4.78, 5) is 0. The van der Waals surface area contributed by atoms with Gasteiger partial charge in [0.2, 0.25) is 0 Å². The summed E-state index contributed by atoms with van der Waals surface area (Å²) in [6, 6.07) is 0.104. The molecule has 2 rings (SSSR count). The fourth-order valence-electron chi connectivity index (χ4n) is 2.67. The van der Waals surface area contributed by atoms with Gasteiger partial charge in [0.05, 0.1) is 12.7 Å². The minimum Gasteiger partial charge on any atom is -0.376 e. The first kappa shape index (κ1) is 14.2. The first-order chi connectivity index (χ1) is 8.41. The topological polar surface area (TPSA) is 75.9 Å². The van der Waals surface area contributed by atoms with E-state index < -0.39 is 10.2 Å². The van der Waals surface area contributed by atoms with E-state index in [-0.39, 0.29) is 18.2 Å². The first-order valence-electron chi connectivity index (χ1n) is 6.55. The van der Waals surface area contributed by atoms with Gasteiger partial charge in [0.15, 0.2) is 0 Å². The second-order valence-electron chi connectivity index (χ2n) is 5.29. The van der Waals surface area contributed by atoms with E-state index in [2.05, 4.69) is 0 Å². The minimum atomic E-state index is -3.36. The van der Waals surface area contributed by atoms with E-state index >= 15 is 0 Å². The highest BCUT2D eigenvalue weighted by Crippen LogP contribution is 2.23. The Kier molecular flexibility index (Phi) is 4.28. The molecule has 0 amide bonds. The molecule has 2 N–H and O–H groups in total. The van der Waals surface area contributed by atoms with E-state index in [0.717, 1.165) is 12.8 Å². The highest BCUT2D eigenvalue weighted by atomic mass is 32.2. The van der Waals surface area contributed by atoms with Crippen LogP contribution in [0.4, 0.5) is 0 Å². The fourth-order valence-corrected chi connectivity index (χ4v) is 4.55. The summed E-state index contributed by atoms with van der Waals surface area (Å²) in [7, 11) is -3.36. The molecule has 0 saturated carbocycles. The molecule has 2 saturated heterocycles. The summed E-state index contributed by atoms with van der Waals surface area (Å²) in [5, 5.41) is 0. The Labute approximate surface area is 109 Å². The smallest absolute Gasteiger partial charge is 0.282 e. The average molecular weight is 277 g/mol. The maximum Gasteiger partial charge on any atom is 0.282 e. The second kappa shape index (κ2) is 5.42. The molecule has 0 bridgehead atoms. The van der Waals surface area contributed by atoms with Crippen molar-refractivity contribution in [2.45, 2.75) is 44.9 Å². The predicted molar refractivity (Wildman–Crippen MR) is 69.3 cm³/mol. The van der Waals surface area contributed by atoms with Gasteiger partial charge in [-0.2, -0.15) is 17.0 Å². The molecule has 18 heavy (non-hydrogen) atoms. The molecule has 0 radical (unpaired) electrons. The van der Waals surface area contributed by atoms with Crippen LogP contribution in [0.2, 0.25) is 0 Å². The lowest BCUT2D eigenvalue weighted by atomic mass is 10.0. The van der Waals surface area contributed by atoms with Gasteiger partial charge in [-0.3, -0.25) is 0 Å². The van der Waals surface area contributed by atoms with E-state index in [1.165, 1.54) is 4.31 Å². The van der Waals surface area contributed by atoms with Crippen molar-refractivity contribution < 1.29 is 13.2 Å². The Morgan fingerprint density at radius 1 is 1.28 bits per heavy atom. The van der Waals surface area contributed by atoms with E-state index in [1.54, 1.807) is 4.31 Å². The molecule has 0 aromatic heterocycles. The number of piperidine rings is 1. The maximum atomic E-state index is 12.6. The van der Waals surface area contributed by atoms with Gasteiger partial charge < -0.3 is 10.5 Å². The van der Waals surface area contributed by atoms with Crippen LogP contribution in [0.3, 0.4) is 0 Å². The molecule has 0 unspecified atom stereocenters. The van der Waals surface area contributed by atoms with Gasteiger partial charge >= 0.3 is 0 Å². The van der Waals surface area contributed by atoms with E-state index in [9.17, 15) is 8.42 Å². The van der Waals surface area contributed by atoms with Crippen LogP contribution in [0.25, 0.3) is 0 Å². The number of hydrogen-bond acceptors (Lipinski definition) is 4. The maximum absolute atomic E-state index is 12.6. The molecule has 2 aliphatic rings. The molecule has 0 aliphatic carbocycles. The van der Waals surface area contributed by atoms with Crippen LogP contribution >= 0.6 is 0 Å². The largest absolute Gasteiger partial charge is 0.376 e. The molecule has 2 aliphatic heterocycles. The summed E-state index contributed by atoms with van der Waals surface area (Å²) in [6.07, 6.45) is 1.44. The summed E-state index contributed by atoms with van der Waals surface area (Å²) in [6.45, 7) is 5.72. The van der Waals surface area contributed by atoms with Crippen LogP contribution in [-0.4, -0.2) is 61.5 Å². The van der Waals surface area contributed by atoms with Crippen molar-refractivity contribution in [3.8, 4) is 0 Å². The van der Waals surface area contributed by atoms with Crippen molar-refractivity contribution >= 4 is 10.2 Å². The van der Waals surface area contributed by atoms with E-state index in [4.69, 9.17) is 10.5 Å². The highest BCUT2D eigenvalue weighted by molar-refractivity contribution is 7.86. The number of ether oxygens (including phenoxy) is 1. The number of nitrogens with zero attached hydrogens (tertiary/aromatic N) is 2. The number of rotatable bonds is 2. The van der Waals surface area contributed by atoms with Crippen molar-refractivity contribution in [1.82, 2.24) is 8.61 Å². The van der Waals surface area contributed by atoms with Gasteiger partial charge in [-0.05, 0) is 26.7 Å². The van der Waals surface area contributed by atoms with Crippen LogP contribution < -0.4 is 5.73 Å². The molecule has 3 atom stereocenters. The first-order valence-corrected chi connectivity index (χ1v) is 7.95. The Bertz CT molecular complexity index is 387. The standard InChI is InChI=1S/C11H23N3O3S/c1-9-7-11(12)3-4-14(9)18(15,16)13-5-6-17-10(2)8-13/h9-11H,3-8,12H2,1-2H3/t9-,10+,11+/m0/s1. The van der Waals surface area contributed by atoms with Gasteiger partial charge in [-0.25, -0.2) is 0 Å². The molecular weight excluding hydrogens is 254 g/mol. The number of hydrogen-bond donors (Lipinski definition) is 1. The Balaban J connectivity index is 2.10. The van der Waals surface area contributed by atoms with Crippen LogP contribution in [0.15, 0.2) is 0 Å². The monoisotopic (exact) mass is 277 g/mol. The van der Waals surface area contributed by atoms with Gasteiger partial charge in [0, 0.05) is 31.7 Å². The van der Waals surface area contributed by atoms with Crippen molar-refractivity contribution in [3.63, 3.8) is 0 Å². The molecule has 106 valence electrons. The van der Waals surface area contributed by atoms with Crippen molar-refractivity contribution in [2.75, 3.05) is 26.2 Å². The van der Waals surface area contributed by atoms with Crippen LogP contribution in [0, 0.1) is 0 Å². The van der Waals surface area contributed by atoms with E-state index in [1.807, 2.05) is 13.8 Å². The summed E-state index contributed by atoms with van der Waals surface area (Å²) < 4.78 is 33.6. The van der Waals surface area contributed by atoms with Crippen LogP contribution in [0.5, 0.6) is 0 Å². The lowest BCUT2D eigenvalue weighted by molar-refractivity contribution is 0.00738. The highest BCUT2D eigenvalue weighted by Gasteiger charge is 2.37. The van der Waals surface area contributed by atoms with Crippen molar-refractivity contribution in [2.24, 2.45) is 5.73 Å². The minimum absolute atomic E-state index is 0.0168. The third-order valence-electron chi connectivity index (χ3n) is 3.68. The summed E-state index contributed by atoms with van der Waals surface area (Å²) in [5.74, 6) is 0. The lowest BCUT2D eigenvalue weighted by Gasteiger charge is -2.40. The second-order valence-corrected chi connectivity index (χ2v) is 7.17. The molecule has 6 nitrogen and oxygen atoms in total. The lowest BCUT2D eigenvalue weighted by Crippen LogP contribution is -2.56. The zero-order chi connectivity index (χ0) is 13.3. The Hall–Kier alpha value is -0.210. The average Bonchev–Trinajstić information content (AvgIpc) is 2.28. The third-order valence-corrected chi connectivity index (χ3v) is 5.80. The zero-order valence-electron chi connectivity index (χ0n) is 11.1. The van der Waals surface area contributed by atoms with Crippen LogP contribution in [-0.2, 0) is 14.9 Å². The zero-order valence-corrected chi connectivity index (χ0v) is 11.9. The molecule has 0 aromatic rings. The number of nitrogens with two attached hydrogens (primary N) is 1. The van der Waals surface area contributed by atoms with Gasteiger partial charge in [0.1, 0.15) is 0 Å². The van der Waals surface area contributed by atoms with Gasteiger partial charge in [-0.1, -0.05) is 0 Å². The molecule has 0 spiro atoms. The summed E-state index contributed by atoms with van der Waals surface area (Å²) in [5.41, 5.74) is 5.88. The molecular formula is C11H23N3O3S. The predicted octanol–water partition coefficient (Wildman–Crippen LogP) is -0.236. The Morgan fingerprint density at radius 3 is 2.61 bits per heavy atom. The van der Waals surface area contributed by atoms with E-state index in [0.29, 0.717) is 26.2 Å². The van der Waals surface area contributed by atoms with Crippen molar-refractivity contribution in [3.05, 3.63) is 0 Å². The van der Waals surface area contributed by atoms with Gasteiger partial charge in [-0.15, -0.1) is 0 Å². The quantitative estimate of drug-likeness (QED) is 0.756. The molecule has 7 heteroatoms. The molecule has 2 fully saturated rings. The van der Waals surface area contributed by atoms with Crippen LogP contribution in [0.1, 0.15) is 26.7 Å². The van der Waals surface area contributed by atoms with Crippen molar-refractivity contribution in [1.29, 1.82) is 0 Å². The molecule has 0 aromatic carbocycles.